The fourth-order valence-electron chi connectivity index (χ4n) is 1.58. The average Bonchev–Trinajstić information content (AvgIpc) is 2.58. The molecular formula is C19H24O5. The van der Waals surface area contributed by atoms with Crippen molar-refractivity contribution in [1.29, 1.82) is 0 Å². The van der Waals surface area contributed by atoms with E-state index in [0.29, 0.717) is 12.2 Å². The van der Waals surface area contributed by atoms with Crippen LogP contribution in [0.15, 0.2) is 43.2 Å². The van der Waals surface area contributed by atoms with Gasteiger partial charge in [-0.1, -0.05) is 25.6 Å². The van der Waals surface area contributed by atoms with E-state index in [1.807, 2.05) is 20.8 Å². The molecule has 1 rings (SSSR count). The first-order valence-corrected chi connectivity index (χ1v) is 7.78. The normalized spacial score (nSPS) is 11.1. The van der Waals surface area contributed by atoms with Crippen LogP contribution >= 0.6 is 0 Å². The lowest BCUT2D eigenvalue weighted by molar-refractivity contribution is -0.157. The molecule has 1 aromatic rings. The van der Waals surface area contributed by atoms with Crippen molar-refractivity contribution < 1.29 is 23.8 Å². The monoisotopic (exact) mass is 332 g/mol. The van der Waals surface area contributed by atoms with Crippen LogP contribution < -0.4 is 4.74 Å². The summed E-state index contributed by atoms with van der Waals surface area (Å²) in [7, 11) is 0. The molecule has 0 saturated heterocycles. The highest BCUT2D eigenvalue weighted by Crippen LogP contribution is 2.21. The van der Waals surface area contributed by atoms with Crippen LogP contribution in [-0.2, 0) is 19.1 Å². The third kappa shape index (κ3) is 6.69. The largest absolute Gasteiger partial charge is 0.466 e. The van der Waals surface area contributed by atoms with Crippen LogP contribution in [0.2, 0.25) is 0 Å². The van der Waals surface area contributed by atoms with Crippen LogP contribution in [0.5, 0.6) is 5.75 Å². The van der Waals surface area contributed by atoms with E-state index in [1.54, 1.807) is 30.3 Å². The van der Waals surface area contributed by atoms with E-state index >= 15 is 0 Å². The Kier molecular flexibility index (Phi) is 7.75. The van der Waals surface area contributed by atoms with Gasteiger partial charge in [0.25, 0.3) is 0 Å². The molecule has 24 heavy (non-hydrogen) atoms. The quantitative estimate of drug-likeness (QED) is 0.298. The number of rotatable bonds is 9. The van der Waals surface area contributed by atoms with E-state index in [9.17, 15) is 9.59 Å². The maximum absolute atomic E-state index is 11.7. The van der Waals surface area contributed by atoms with Gasteiger partial charge in [-0.15, -0.1) is 0 Å². The molecule has 0 atom stereocenters. The minimum absolute atomic E-state index is 0.0286. The second-order valence-electron chi connectivity index (χ2n) is 5.73. The Balaban J connectivity index is 2.33. The van der Waals surface area contributed by atoms with Crippen molar-refractivity contribution in [3.05, 3.63) is 48.7 Å². The molecule has 5 nitrogen and oxygen atoms in total. The third-order valence-corrected chi connectivity index (χ3v) is 3.51. The molecule has 0 saturated carbocycles. The van der Waals surface area contributed by atoms with E-state index in [-0.39, 0.29) is 19.2 Å². The van der Waals surface area contributed by atoms with Crippen molar-refractivity contribution in [2.24, 2.45) is 5.41 Å². The Morgan fingerprint density at radius 3 is 2.33 bits per heavy atom. The fraction of sp³-hybridized carbons (Fsp3) is 0.368. The number of hydrogen-bond donors (Lipinski definition) is 0. The van der Waals surface area contributed by atoms with Gasteiger partial charge in [-0.05, 0) is 44.0 Å². The number of ether oxygens (including phenoxy) is 3. The van der Waals surface area contributed by atoms with Gasteiger partial charge in [0.1, 0.15) is 19.0 Å². The maximum atomic E-state index is 11.7. The van der Waals surface area contributed by atoms with E-state index in [1.165, 1.54) is 12.3 Å². The summed E-state index contributed by atoms with van der Waals surface area (Å²) in [6, 6.07) is 7.14. The van der Waals surface area contributed by atoms with Crippen molar-refractivity contribution >= 4 is 18.0 Å². The van der Waals surface area contributed by atoms with Crippen LogP contribution in [0.3, 0.4) is 0 Å². The third-order valence-electron chi connectivity index (χ3n) is 3.51. The van der Waals surface area contributed by atoms with Crippen molar-refractivity contribution in [3.63, 3.8) is 0 Å². The molecule has 0 unspecified atom stereocenters. The van der Waals surface area contributed by atoms with Gasteiger partial charge < -0.3 is 14.2 Å². The van der Waals surface area contributed by atoms with Crippen molar-refractivity contribution in [1.82, 2.24) is 0 Å². The highest BCUT2D eigenvalue weighted by molar-refractivity contribution is 5.87. The maximum Gasteiger partial charge on any atom is 0.330 e. The lowest BCUT2D eigenvalue weighted by Gasteiger charge is -2.20. The van der Waals surface area contributed by atoms with Crippen LogP contribution in [0, 0.1) is 5.41 Å². The van der Waals surface area contributed by atoms with Gasteiger partial charge in [-0.2, -0.15) is 0 Å². The summed E-state index contributed by atoms with van der Waals surface area (Å²) in [5.74, 6) is -0.118. The van der Waals surface area contributed by atoms with Gasteiger partial charge in [0.2, 0.25) is 0 Å². The number of esters is 2. The second-order valence-corrected chi connectivity index (χ2v) is 5.73. The first-order valence-electron chi connectivity index (χ1n) is 7.78. The number of benzene rings is 1. The zero-order chi connectivity index (χ0) is 18.0. The Morgan fingerprint density at radius 2 is 1.75 bits per heavy atom. The summed E-state index contributed by atoms with van der Waals surface area (Å²) >= 11 is 0. The molecule has 1 aromatic carbocycles. The molecule has 5 heteroatoms. The Morgan fingerprint density at radius 1 is 1.12 bits per heavy atom. The Hall–Kier alpha value is -2.56. The fourth-order valence-corrected chi connectivity index (χ4v) is 1.58. The molecule has 0 fully saturated rings. The van der Waals surface area contributed by atoms with E-state index in [4.69, 9.17) is 14.2 Å². The molecule has 130 valence electrons. The summed E-state index contributed by atoms with van der Waals surface area (Å²) in [5, 5.41) is 0. The minimum atomic E-state index is -0.522. The number of hydrogen-bond acceptors (Lipinski definition) is 5. The number of carbonyl (C=O) groups excluding carboxylic acids is 2. The van der Waals surface area contributed by atoms with Gasteiger partial charge in [-0.3, -0.25) is 4.79 Å². The lowest BCUT2D eigenvalue weighted by atomic mass is 9.91. The summed E-state index contributed by atoms with van der Waals surface area (Å²) in [4.78, 5) is 23.3. The van der Waals surface area contributed by atoms with Crippen LogP contribution in [-0.4, -0.2) is 25.2 Å². The molecule has 0 radical (unpaired) electrons. The molecule has 0 N–H and O–H groups in total. The SMILES string of the molecule is C=COc1ccc(/C=C/C(=O)OCCOC(=O)C(C)(C)CC)cc1. The van der Waals surface area contributed by atoms with Gasteiger partial charge in [0.15, 0.2) is 0 Å². The molecule has 0 aliphatic carbocycles. The molecular weight excluding hydrogens is 308 g/mol. The Bertz CT molecular complexity index is 584. The molecule has 0 heterocycles. The Labute approximate surface area is 142 Å². The van der Waals surface area contributed by atoms with Crippen LogP contribution in [0.4, 0.5) is 0 Å². The van der Waals surface area contributed by atoms with Gasteiger partial charge in [0, 0.05) is 6.08 Å². The molecule has 0 amide bonds. The predicted molar refractivity (Wildman–Crippen MR) is 92.3 cm³/mol. The zero-order valence-electron chi connectivity index (χ0n) is 14.4. The van der Waals surface area contributed by atoms with Crippen molar-refractivity contribution in [2.45, 2.75) is 27.2 Å². The topological polar surface area (TPSA) is 61.8 Å². The highest BCUT2D eigenvalue weighted by atomic mass is 16.6. The van der Waals surface area contributed by atoms with Gasteiger partial charge in [0.05, 0.1) is 11.7 Å². The lowest BCUT2D eigenvalue weighted by Crippen LogP contribution is -2.27. The van der Waals surface area contributed by atoms with Crippen LogP contribution in [0.25, 0.3) is 6.08 Å². The molecule has 0 aliphatic heterocycles. The average molecular weight is 332 g/mol. The van der Waals surface area contributed by atoms with E-state index in [0.717, 1.165) is 5.56 Å². The minimum Gasteiger partial charge on any atom is -0.466 e. The number of carbonyl (C=O) groups is 2. The van der Waals surface area contributed by atoms with E-state index < -0.39 is 11.4 Å². The zero-order valence-corrected chi connectivity index (χ0v) is 14.4. The van der Waals surface area contributed by atoms with Crippen LogP contribution in [0.1, 0.15) is 32.8 Å². The van der Waals surface area contributed by atoms with Gasteiger partial charge >= 0.3 is 11.9 Å². The molecule has 0 bridgehead atoms. The first-order chi connectivity index (χ1) is 11.4. The van der Waals surface area contributed by atoms with E-state index in [2.05, 4.69) is 6.58 Å². The van der Waals surface area contributed by atoms with Gasteiger partial charge in [-0.25, -0.2) is 4.79 Å². The smallest absolute Gasteiger partial charge is 0.330 e. The summed E-state index contributed by atoms with van der Waals surface area (Å²) in [6.45, 7) is 9.10. The summed E-state index contributed by atoms with van der Waals surface area (Å²) in [5.41, 5.74) is 0.310. The second kappa shape index (κ2) is 9.55. The highest BCUT2D eigenvalue weighted by Gasteiger charge is 2.26. The summed E-state index contributed by atoms with van der Waals surface area (Å²) < 4.78 is 15.2. The summed E-state index contributed by atoms with van der Waals surface area (Å²) in [6.07, 6.45) is 4.98. The predicted octanol–water partition coefficient (Wildman–Crippen LogP) is 3.74. The standard InChI is InChI=1S/C19H24O5/c1-5-19(3,4)18(21)24-14-13-23-17(20)12-9-15-7-10-16(11-8-15)22-6-2/h6-12H,2,5,13-14H2,1,3-4H3/b12-9+. The molecule has 0 aromatic heterocycles. The van der Waals surface area contributed by atoms with Crippen molar-refractivity contribution in [3.8, 4) is 5.75 Å². The first kappa shape index (κ1) is 19.5. The molecule has 0 aliphatic rings. The molecule has 0 spiro atoms. The van der Waals surface area contributed by atoms with Crippen molar-refractivity contribution in [2.75, 3.05) is 13.2 Å².